The molecule has 0 aromatic heterocycles. The number of rotatable bonds is 3. The summed E-state index contributed by atoms with van der Waals surface area (Å²) in [6.45, 7) is 3.50. The molecular formula is C5H11NOSi. The number of hydrogen-bond acceptors (Lipinski definition) is 1. The molecule has 0 saturated heterocycles. The second kappa shape index (κ2) is 3.43. The lowest BCUT2D eigenvalue weighted by atomic mass is 10.3. The summed E-state index contributed by atoms with van der Waals surface area (Å²) in [7, 11) is 0.837. The first-order chi connectivity index (χ1) is 3.68. The molecule has 0 aromatic carbocycles. The Balaban J connectivity index is 3.46. The maximum atomic E-state index is 10.3. The second-order valence-corrected chi connectivity index (χ2v) is 3.22. The Labute approximate surface area is 52.2 Å². The number of carbonyl (C=O) groups excluding carboxylic acids is 1. The molecule has 2 nitrogen and oxygen atoms in total. The Morgan fingerprint density at radius 3 is 2.62 bits per heavy atom. The van der Waals surface area contributed by atoms with E-state index < -0.39 is 0 Å². The average Bonchev–Trinajstić information content (AvgIpc) is 1.67. The van der Waals surface area contributed by atoms with E-state index in [0.29, 0.717) is 0 Å². The lowest BCUT2D eigenvalue weighted by Crippen LogP contribution is -2.17. The molecule has 46 valence electrons. The third-order valence-electron chi connectivity index (χ3n) is 1.01. The summed E-state index contributed by atoms with van der Waals surface area (Å²) in [6, 6.07) is 0. The zero-order valence-corrected chi connectivity index (χ0v) is 7.05. The normalized spacial score (nSPS) is 13.0. The van der Waals surface area contributed by atoms with Crippen LogP contribution in [0.5, 0.6) is 0 Å². The molecule has 1 unspecified atom stereocenters. The van der Waals surface area contributed by atoms with Gasteiger partial charge in [0.1, 0.15) is 0 Å². The highest BCUT2D eigenvalue weighted by molar-refractivity contribution is 6.23. The zero-order chi connectivity index (χ0) is 6.57. The molecule has 0 rings (SSSR count). The van der Waals surface area contributed by atoms with Gasteiger partial charge in [-0.05, 0) is 6.42 Å². The molecule has 0 aromatic rings. The monoisotopic (exact) mass is 129 g/mol. The quantitative estimate of drug-likeness (QED) is 0.393. The van der Waals surface area contributed by atoms with Gasteiger partial charge in [0.2, 0.25) is 5.91 Å². The number of carbonyl (C=O) groups is 1. The van der Waals surface area contributed by atoms with Crippen LogP contribution in [-0.4, -0.2) is 16.1 Å². The van der Waals surface area contributed by atoms with Crippen LogP contribution in [0.15, 0.2) is 12.7 Å². The fraction of sp³-hybridized carbons (Fsp3) is 0.400. The van der Waals surface area contributed by atoms with Gasteiger partial charge in [0.15, 0.2) is 0 Å². The highest BCUT2D eigenvalue weighted by atomic mass is 28.1. The average molecular weight is 129 g/mol. The number of primary amides is 1. The summed E-state index contributed by atoms with van der Waals surface area (Å²) in [5.41, 5.74) is 5.05. The van der Waals surface area contributed by atoms with Crippen molar-refractivity contribution in [1.29, 1.82) is 0 Å². The Bertz CT molecular complexity index is 103. The molecular weight excluding hydrogens is 118 g/mol. The summed E-state index contributed by atoms with van der Waals surface area (Å²) in [5, 5.41) is 0. The molecule has 0 bridgehead atoms. The molecule has 8 heavy (non-hydrogen) atoms. The van der Waals surface area contributed by atoms with Gasteiger partial charge in [0.25, 0.3) is 0 Å². The first-order valence-corrected chi connectivity index (χ1v) is 3.74. The van der Waals surface area contributed by atoms with Crippen molar-refractivity contribution >= 4 is 16.1 Å². The van der Waals surface area contributed by atoms with E-state index in [9.17, 15) is 4.79 Å². The second-order valence-electron chi connectivity index (χ2n) is 1.83. The summed E-state index contributed by atoms with van der Waals surface area (Å²) in [5.74, 6) is -0.198. The maximum Gasteiger partial charge on any atom is 0.217 e. The molecule has 0 heterocycles. The number of nitrogens with two attached hydrogens (primary N) is 1. The molecule has 1 atom stereocenters. The maximum absolute atomic E-state index is 10.3. The molecule has 0 radical (unpaired) electrons. The van der Waals surface area contributed by atoms with E-state index in [1.165, 1.54) is 0 Å². The van der Waals surface area contributed by atoms with Gasteiger partial charge >= 0.3 is 0 Å². The van der Waals surface area contributed by atoms with Crippen molar-refractivity contribution < 1.29 is 4.79 Å². The number of allylic oxidation sites excluding steroid dienone is 1. The summed E-state index contributed by atoms with van der Waals surface area (Å²) in [6.07, 6.45) is 2.46. The number of amides is 1. The third-order valence-corrected chi connectivity index (χ3v) is 2.05. The van der Waals surface area contributed by atoms with Gasteiger partial charge in [-0.15, -0.1) is 6.58 Å². The molecule has 0 spiro atoms. The van der Waals surface area contributed by atoms with Gasteiger partial charge in [-0.2, -0.15) is 0 Å². The molecule has 0 aliphatic carbocycles. The fourth-order valence-corrected chi connectivity index (χ4v) is 0.699. The summed E-state index contributed by atoms with van der Waals surface area (Å²) in [4.78, 5) is 10.3. The van der Waals surface area contributed by atoms with Crippen LogP contribution in [0.2, 0.25) is 5.54 Å². The van der Waals surface area contributed by atoms with Crippen LogP contribution in [0.4, 0.5) is 0 Å². The van der Waals surface area contributed by atoms with Gasteiger partial charge < -0.3 is 5.73 Å². The molecule has 3 heteroatoms. The molecule has 2 N–H and O–H groups in total. The van der Waals surface area contributed by atoms with Gasteiger partial charge in [-0.25, -0.2) is 0 Å². The van der Waals surface area contributed by atoms with Gasteiger partial charge in [-0.3, -0.25) is 4.79 Å². The summed E-state index contributed by atoms with van der Waals surface area (Å²) < 4.78 is 0. The topological polar surface area (TPSA) is 43.1 Å². The lowest BCUT2D eigenvalue weighted by molar-refractivity contribution is -0.117. The smallest absolute Gasteiger partial charge is 0.217 e. The van der Waals surface area contributed by atoms with E-state index in [1.54, 1.807) is 6.08 Å². The van der Waals surface area contributed by atoms with Crippen molar-refractivity contribution in [3.63, 3.8) is 0 Å². The molecule has 0 fully saturated rings. The highest BCUT2D eigenvalue weighted by Crippen LogP contribution is 2.02. The van der Waals surface area contributed by atoms with Crippen LogP contribution in [-0.2, 0) is 4.79 Å². The van der Waals surface area contributed by atoms with Crippen molar-refractivity contribution in [2.75, 3.05) is 0 Å². The van der Waals surface area contributed by atoms with Crippen molar-refractivity contribution in [3.05, 3.63) is 12.7 Å². The predicted molar refractivity (Wildman–Crippen MR) is 37.7 cm³/mol. The molecule has 0 aliphatic heterocycles. The van der Waals surface area contributed by atoms with E-state index in [2.05, 4.69) is 6.58 Å². The molecule has 0 aliphatic rings. The minimum atomic E-state index is -0.198. The van der Waals surface area contributed by atoms with Crippen LogP contribution < -0.4 is 5.73 Å². The van der Waals surface area contributed by atoms with E-state index in [0.717, 1.165) is 16.7 Å². The largest absolute Gasteiger partial charge is 0.370 e. The van der Waals surface area contributed by atoms with Gasteiger partial charge in [0, 0.05) is 15.8 Å². The first-order valence-electron chi connectivity index (χ1n) is 2.58. The van der Waals surface area contributed by atoms with Gasteiger partial charge in [0.05, 0.1) is 0 Å². The lowest BCUT2D eigenvalue weighted by Gasteiger charge is -1.99. The van der Waals surface area contributed by atoms with E-state index in [1.807, 2.05) is 0 Å². The zero-order valence-electron chi connectivity index (χ0n) is 5.05. The van der Waals surface area contributed by atoms with Crippen molar-refractivity contribution in [1.82, 2.24) is 0 Å². The fourth-order valence-electron chi connectivity index (χ4n) is 0.366. The third kappa shape index (κ3) is 2.57. The molecule has 0 saturated carbocycles. The Morgan fingerprint density at radius 2 is 2.50 bits per heavy atom. The van der Waals surface area contributed by atoms with Crippen molar-refractivity contribution in [2.45, 2.75) is 12.0 Å². The Kier molecular flexibility index (Phi) is 3.19. The summed E-state index contributed by atoms with van der Waals surface area (Å²) >= 11 is 0. The molecule has 1 amide bonds. The Hall–Kier alpha value is -0.573. The van der Waals surface area contributed by atoms with Crippen molar-refractivity contribution in [3.8, 4) is 0 Å². The standard InChI is InChI=1S/C5H11NOSi/c1-2-3-4(8)5(6)7/h2,4H,1,3H2,8H3,(H2,6,7). The SMILES string of the molecule is C=CCC([SiH3])C(N)=O. The van der Waals surface area contributed by atoms with E-state index in [-0.39, 0.29) is 11.4 Å². The Morgan fingerprint density at radius 1 is 2.00 bits per heavy atom. The van der Waals surface area contributed by atoms with Gasteiger partial charge in [-0.1, -0.05) is 6.08 Å². The predicted octanol–water partition coefficient (Wildman–Crippen LogP) is -0.798. The first kappa shape index (κ1) is 7.43. The van der Waals surface area contributed by atoms with Crippen LogP contribution in [0, 0.1) is 0 Å². The number of hydrogen-bond donors (Lipinski definition) is 1. The van der Waals surface area contributed by atoms with E-state index >= 15 is 0 Å². The van der Waals surface area contributed by atoms with Crippen LogP contribution in [0.25, 0.3) is 0 Å². The van der Waals surface area contributed by atoms with E-state index in [4.69, 9.17) is 5.73 Å². The van der Waals surface area contributed by atoms with Crippen LogP contribution >= 0.6 is 0 Å². The minimum absolute atomic E-state index is 0.0764. The van der Waals surface area contributed by atoms with Crippen molar-refractivity contribution in [2.24, 2.45) is 5.73 Å². The van der Waals surface area contributed by atoms with Crippen LogP contribution in [0.1, 0.15) is 6.42 Å². The minimum Gasteiger partial charge on any atom is -0.370 e. The van der Waals surface area contributed by atoms with Crippen LogP contribution in [0.3, 0.4) is 0 Å². The highest BCUT2D eigenvalue weighted by Gasteiger charge is 2.03.